The van der Waals surface area contributed by atoms with Gasteiger partial charge in [0.25, 0.3) is 0 Å². The largest absolute Gasteiger partial charge is 0.381 e. The van der Waals surface area contributed by atoms with Gasteiger partial charge >= 0.3 is 11.4 Å². The summed E-state index contributed by atoms with van der Waals surface area (Å²) in [6.45, 7) is 2.66. The molecule has 0 unspecified atom stereocenters. The molecule has 1 aromatic carbocycles. The summed E-state index contributed by atoms with van der Waals surface area (Å²) >= 11 is 6.03. The Balaban J connectivity index is 1.87. The Morgan fingerprint density at radius 3 is 2.76 bits per heavy atom. The molecule has 9 heteroatoms. The molecule has 1 fully saturated rings. The minimum absolute atomic E-state index is 0.0230. The molecule has 1 aliphatic rings. The molecule has 2 N–H and O–H groups in total. The molecule has 1 atom stereocenters. The molecule has 0 radical (unpaired) electrons. The number of benzene rings is 1. The van der Waals surface area contributed by atoms with Crippen LogP contribution in [0, 0.1) is 5.82 Å². The number of aromatic nitrogens is 3. The van der Waals surface area contributed by atoms with E-state index in [0.29, 0.717) is 26.1 Å². The van der Waals surface area contributed by atoms with Gasteiger partial charge in [-0.25, -0.2) is 18.5 Å². The molecule has 0 spiro atoms. The zero-order valence-corrected chi connectivity index (χ0v) is 14.3. The number of rotatable bonds is 4. The molecule has 1 aliphatic heterocycles. The van der Waals surface area contributed by atoms with E-state index in [4.69, 9.17) is 16.3 Å². The van der Waals surface area contributed by atoms with Crippen molar-refractivity contribution in [1.82, 2.24) is 14.5 Å². The quantitative estimate of drug-likeness (QED) is 0.864. The Morgan fingerprint density at radius 2 is 2.12 bits per heavy atom. The number of hydrogen-bond acceptors (Lipinski definition) is 5. The van der Waals surface area contributed by atoms with Gasteiger partial charge in [0.15, 0.2) is 0 Å². The fourth-order valence-corrected chi connectivity index (χ4v) is 3.29. The van der Waals surface area contributed by atoms with E-state index in [-0.39, 0.29) is 22.6 Å². The minimum Gasteiger partial charge on any atom is -0.381 e. The molecule has 3 rings (SSSR count). The van der Waals surface area contributed by atoms with Gasteiger partial charge in [-0.3, -0.25) is 4.98 Å². The average molecular weight is 369 g/mol. The first-order chi connectivity index (χ1) is 12.0. The SMILES string of the molecule is C[C@H](Nc1nc(=O)n(C2CCOCC2)c(=O)[nH]1)c1c(F)cccc1Cl. The zero-order valence-electron chi connectivity index (χ0n) is 13.6. The second-order valence-corrected chi connectivity index (χ2v) is 6.30. The van der Waals surface area contributed by atoms with E-state index in [1.165, 1.54) is 12.1 Å². The Labute approximate surface area is 147 Å². The van der Waals surface area contributed by atoms with Crippen molar-refractivity contribution in [1.29, 1.82) is 0 Å². The summed E-state index contributed by atoms with van der Waals surface area (Å²) in [7, 11) is 0. The molecule has 2 aromatic rings. The number of nitrogens with one attached hydrogen (secondary N) is 2. The predicted octanol–water partition coefficient (Wildman–Crippen LogP) is 2.25. The van der Waals surface area contributed by atoms with Crippen LogP contribution in [0.15, 0.2) is 27.8 Å². The Kier molecular flexibility index (Phi) is 5.19. The van der Waals surface area contributed by atoms with Crippen molar-refractivity contribution in [2.75, 3.05) is 18.5 Å². The summed E-state index contributed by atoms with van der Waals surface area (Å²) < 4.78 is 20.3. The van der Waals surface area contributed by atoms with Crippen LogP contribution in [-0.2, 0) is 4.74 Å². The van der Waals surface area contributed by atoms with Gasteiger partial charge in [-0.05, 0) is 31.9 Å². The third kappa shape index (κ3) is 3.74. The highest BCUT2D eigenvalue weighted by Gasteiger charge is 2.21. The molecule has 2 heterocycles. The average Bonchev–Trinajstić information content (AvgIpc) is 2.55. The van der Waals surface area contributed by atoms with Gasteiger partial charge in [-0.1, -0.05) is 17.7 Å². The van der Waals surface area contributed by atoms with Crippen LogP contribution >= 0.6 is 11.6 Å². The second-order valence-electron chi connectivity index (χ2n) is 5.89. The van der Waals surface area contributed by atoms with Crippen LogP contribution in [0.4, 0.5) is 10.3 Å². The van der Waals surface area contributed by atoms with E-state index in [1.54, 1.807) is 13.0 Å². The number of H-pyrrole nitrogens is 1. The first kappa shape index (κ1) is 17.6. The molecular formula is C16H18ClFN4O3. The topological polar surface area (TPSA) is 89.0 Å². The van der Waals surface area contributed by atoms with Gasteiger partial charge in [0.05, 0.1) is 6.04 Å². The van der Waals surface area contributed by atoms with E-state index in [1.807, 2.05) is 0 Å². The van der Waals surface area contributed by atoms with E-state index in [9.17, 15) is 14.0 Å². The molecule has 0 saturated carbocycles. The normalized spacial score (nSPS) is 16.6. The van der Waals surface area contributed by atoms with Gasteiger partial charge in [0.1, 0.15) is 5.82 Å². The predicted molar refractivity (Wildman–Crippen MR) is 91.7 cm³/mol. The number of anilines is 1. The molecule has 0 bridgehead atoms. The highest BCUT2D eigenvalue weighted by molar-refractivity contribution is 6.31. The van der Waals surface area contributed by atoms with Crippen molar-refractivity contribution in [3.05, 3.63) is 55.6 Å². The van der Waals surface area contributed by atoms with Crippen LogP contribution in [0.5, 0.6) is 0 Å². The number of nitrogens with zero attached hydrogens (tertiary/aromatic N) is 2. The fraction of sp³-hybridized carbons (Fsp3) is 0.438. The summed E-state index contributed by atoms with van der Waals surface area (Å²) in [5, 5.41) is 3.07. The molecule has 1 saturated heterocycles. The molecule has 0 aliphatic carbocycles. The van der Waals surface area contributed by atoms with Gasteiger partial charge < -0.3 is 10.1 Å². The minimum atomic E-state index is -0.648. The van der Waals surface area contributed by atoms with Crippen molar-refractivity contribution in [3.63, 3.8) is 0 Å². The molecule has 7 nitrogen and oxygen atoms in total. The van der Waals surface area contributed by atoms with Crippen molar-refractivity contribution in [2.24, 2.45) is 0 Å². The summed E-state index contributed by atoms with van der Waals surface area (Å²) in [5.41, 5.74) is -0.966. The van der Waals surface area contributed by atoms with Gasteiger partial charge in [0, 0.05) is 29.8 Å². The molecular weight excluding hydrogens is 351 g/mol. The maximum Gasteiger partial charge on any atom is 0.355 e. The molecule has 25 heavy (non-hydrogen) atoms. The number of hydrogen-bond donors (Lipinski definition) is 2. The third-order valence-electron chi connectivity index (χ3n) is 4.20. The van der Waals surface area contributed by atoms with Crippen LogP contribution in [0.2, 0.25) is 5.02 Å². The number of aromatic amines is 1. The van der Waals surface area contributed by atoms with Gasteiger partial charge in [-0.15, -0.1) is 0 Å². The Bertz CT molecular complexity index is 825. The summed E-state index contributed by atoms with van der Waals surface area (Å²) in [5.74, 6) is -0.504. The second kappa shape index (κ2) is 7.37. The molecule has 1 aromatic heterocycles. The number of ether oxygens (including phenoxy) is 1. The summed E-state index contributed by atoms with van der Waals surface area (Å²) in [6, 6.07) is 3.54. The van der Waals surface area contributed by atoms with Crippen LogP contribution in [0.1, 0.15) is 37.4 Å². The Morgan fingerprint density at radius 1 is 1.40 bits per heavy atom. The Hall–Kier alpha value is -2.19. The van der Waals surface area contributed by atoms with Crippen LogP contribution < -0.4 is 16.7 Å². The van der Waals surface area contributed by atoms with Gasteiger partial charge in [0.2, 0.25) is 5.95 Å². The smallest absolute Gasteiger partial charge is 0.355 e. The third-order valence-corrected chi connectivity index (χ3v) is 4.53. The van der Waals surface area contributed by atoms with Crippen molar-refractivity contribution < 1.29 is 9.13 Å². The maximum absolute atomic E-state index is 14.0. The first-order valence-corrected chi connectivity index (χ1v) is 8.36. The lowest BCUT2D eigenvalue weighted by atomic mass is 10.1. The van der Waals surface area contributed by atoms with E-state index in [2.05, 4.69) is 15.3 Å². The van der Waals surface area contributed by atoms with Crippen molar-refractivity contribution in [2.45, 2.75) is 31.8 Å². The number of halogens is 2. The van der Waals surface area contributed by atoms with E-state index in [0.717, 1.165) is 4.57 Å². The maximum atomic E-state index is 14.0. The monoisotopic (exact) mass is 368 g/mol. The first-order valence-electron chi connectivity index (χ1n) is 7.98. The van der Waals surface area contributed by atoms with Crippen LogP contribution in [-0.4, -0.2) is 27.7 Å². The summed E-state index contributed by atoms with van der Waals surface area (Å²) in [6.07, 6.45) is 1.16. The van der Waals surface area contributed by atoms with Gasteiger partial charge in [-0.2, -0.15) is 4.98 Å². The van der Waals surface area contributed by atoms with Crippen molar-refractivity contribution >= 4 is 17.5 Å². The molecule has 134 valence electrons. The van der Waals surface area contributed by atoms with Crippen LogP contribution in [0.3, 0.4) is 0 Å². The highest BCUT2D eigenvalue weighted by Crippen LogP contribution is 2.27. The van der Waals surface area contributed by atoms with E-state index < -0.39 is 23.2 Å². The lowest BCUT2D eigenvalue weighted by molar-refractivity contribution is 0.0670. The zero-order chi connectivity index (χ0) is 18.0. The standard InChI is InChI=1S/C16H18ClFN4O3/c1-9(13-11(17)3-2-4-12(13)18)19-14-20-15(23)22(16(24)21-14)10-5-7-25-8-6-10/h2-4,9-10H,5-8H2,1H3,(H2,19,20,21,23,24)/t9-/m0/s1. The van der Waals surface area contributed by atoms with E-state index >= 15 is 0 Å². The lowest BCUT2D eigenvalue weighted by Crippen LogP contribution is -2.42. The van der Waals surface area contributed by atoms with Crippen molar-refractivity contribution in [3.8, 4) is 0 Å². The fourth-order valence-electron chi connectivity index (χ4n) is 2.96. The summed E-state index contributed by atoms with van der Waals surface area (Å²) in [4.78, 5) is 31.0. The van der Waals surface area contributed by atoms with Crippen LogP contribution in [0.25, 0.3) is 0 Å². The molecule has 0 amide bonds. The lowest BCUT2D eigenvalue weighted by Gasteiger charge is -2.23. The highest BCUT2D eigenvalue weighted by atomic mass is 35.5.